The Kier molecular flexibility index (Phi) is 3.00. The van der Waals surface area contributed by atoms with E-state index >= 15 is 0 Å². The molecule has 0 unspecified atom stereocenters. The molecule has 0 aromatic carbocycles. The van der Waals surface area contributed by atoms with Crippen LogP contribution in [0.1, 0.15) is 44.0 Å². The third-order valence-electron chi connectivity index (χ3n) is 3.33. The molecule has 0 aliphatic heterocycles. The summed E-state index contributed by atoms with van der Waals surface area (Å²) in [5.41, 5.74) is 1.77. The van der Waals surface area contributed by atoms with Crippen LogP contribution in [-0.2, 0) is 6.54 Å². The molecule has 2 aromatic rings. The minimum Gasteiger partial charge on any atom is -0.470 e. The maximum Gasteiger partial charge on any atom is 0.242 e. The minimum absolute atomic E-state index is 0.336. The normalized spacial score (nSPS) is 15.6. The van der Waals surface area contributed by atoms with E-state index < -0.39 is 0 Å². The van der Waals surface area contributed by atoms with Crippen LogP contribution in [-0.4, -0.2) is 26.4 Å². The lowest BCUT2D eigenvalue weighted by Crippen LogP contribution is -2.24. The van der Waals surface area contributed by atoms with Crippen molar-refractivity contribution in [1.29, 1.82) is 0 Å². The van der Waals surface area contributed by atoms with Crippen LogP contribution >= 0.6 is 0 Å². The van der Waals surface area contributed by atoms with Gasteiger partial charge in [0, 0.05) is 12.7 Å². The Hall–Kier alpha value is -1.91. The highest BCUT2D eigenvalue weighted by Crippen LogP contribution is 2.34. The second-order valence-electron chi connectivity index (χ2n) is 6.39. The summed E-state index contributed by atoms with van der Waals surface area (Å²) in [6, 6.07) is 0. The number of aromatic nitrogens is 3. The van der Waals surface area contributed by atoms with Crippen LogP contribution in [0.25, 0.3) is 11.0 Å². The van der Waals surface area contributed by atoms with Gasteiger partial charge in [0.2, 0.25) is 5.88 Å². The molecule has 0 spiro atoms. The fourth-order valence-electron chi connectivity index (χ4n) is 2.30. The predicted molar refractivity (Wildman–Crippen MR) is 76.0 cm³/mol. The third-order valence-corrected chi connectivity index (χ3v) is 3.33. The highest BCUT2D eigenvalue weighted by atomic mass is 16.5. The summed E-state index contributed by atoms with van der Waals surface area (Å²) >= 11 is 0. The molecule has 5 nitrogen and oxygen atoms in total. The molecule has 0 bridgehead atoms. The zero-order chi connectivity index (χ0) is 14.3. The molecular weight excluding hydrogens is 254 g/mol. The fourth-order valence-corrected chi connectivity index (χ4v) is 2.30. The number of hydrogen-bond acceptors (Lipinski definition) is 4. The van der Waals surface area contributed by atoms with Crippen LogP contribution in [0, 0.1) is 5.92 Å². The van der Waals surface area contributed by atoms with E-state index in [9.17, 15) is 4.79 Å². The number of ether oxygens (including phenoxy) is 1. The van der Waals surface area contributed by atoms with E-state index in [0.29, 0.717) is 22.9 Å². The van der Waals surface area contributed by atoms with Crippen molar-refractivity contribution in [2.75, 3.05) is 0 Å². The number of hydrogen-bond donors (Lipinski definition) is 0. The molecular formula is C15H19N3O2. The van der Waals surface area contributed by atoms with Gasteiger partial charge in [-0.25, -0.2) is 4.98 Å². The summed E-state index contributed by atoms with van der Waals surface area (Å²) in [7, 11) is 0. The second-order valence-corrected chi connectivity index (χ2v) is 6.39. The molecule has 1 aliphatic rings. The minimum atomic E-state index is -0.336. The van der Waals surface area contributed by atoms with Gasteiger partial charge in [0.25, 0.3) is 0 Å². The number of aldehydes is 1. The average Bonchev–Trinajstić information content (AvgIpc) is 3.09. The molecule has 0 amide bonds. The summed E-state index contributed by atoms with van der Waals surface area (Å²) < 4.78 is 7.99. The van der Waals surface area contributed by atoms with Crippen LogP contribution in [0.15, 0.2) is 12.5 Å². The first-order valence-electron chi connectivity index (χ1n) is 6.96. The van der Waals surface area contributed by atoms with E-state index in [-0.39, 0.29) is 5.60 Å². The molecule has 1 aliphatic carbocycles. The third kappa shape index (κ3) is 2.53. The smallest absolute Gasteiger partial charge is 0.242 e. The maximum absolute atomic E-state index is 11.2. The lowest BCUT2D eigenvalue weighted by molar-refractivity contribution is 0.112. The monoisotopic (exact) mass is 273 g/mol. The number of nitrogens with zero attached hydrogens (tertiary/aromatic N) is 3. The summed E-state index contributed by atoms with van der Waals surface area (Å²) in [5.74, 6) is 1.25. The molecule has 106 valence electrons. The van der Waals surface area contributed by atoms with Crippen molar-refractivity contribution in [2.45, 2.75) is 45.8 Å². The Balaban J connectivity index is 2.13. The van der Waals surface area contributed by atoms with Crippen LogP contribution < -0.4 is 4.74 Å². The zero-order valence-corrected chi connectivity index (χ0v) is 12.1. The average molecular weight is 273 g/mol. The lowest BCUT2D eigenvalue weighted by atomic mass is 10.2. The largest absolute Gasteiger partial charge is 0.470 e. The molecule has 2 heterocycles. The summed E-state index contributed by atoms with van der Waals surface area (Å²) in [6.07, 6.45) is 6.66. The highest BCUT2D eigenvalue weighted by molar-refractivity contribution is 5.96. The Morgan fingerprint density at radius 1 is 1.40 bits per heavy atom. The van der Waals surface area contributed by atoms with Crippen LogP contribution in [0.5, 0.6) is 5.88 Å². The molecule has 5 heteroatoms. The molecule has 1 saturated carbocycles. The van der Waals surface area contributed by atoms with Crippen LogP contribution in [0.3, 0.4) is 0 Å². The van der Waals surface area contributed by atoms with E-state index in [1.807, 2.05) is 27.0 Å². The maximum atomic E-state index is 11.2. The number of fused-ring (bicyclic) bond motifs is 1. The Morgan fingerprint density at radius 3 is 2.75 bits per heavy atom. The van der Waals surface area contributed by atoms with Gasteiger partial charge in [0.1, 0.15) is 23.0 Å². The number of carbonyl (C=O) groups excluding carboxylic acids is 1. The molecule has 0 N–H and O–H groups in total. The van der Waals surface area contributed by atoms with Gasteiger partial charge in [-0.15, -0.1) is 0 Å². The molecule has 1 fully saturated rings. The first kappa shape index (κ1) is 13.1. The predicted octanol–water partition coefficient (Wildman–Crippen LogP) is 2.83. The van der Waals surface area contributed by atoms with Gasteiger partial charge in [0.05, 0.1) is 5.56 Å². The Bertz CT molecular complexity index is 651. The van der Waals surface area contributed by atoms with Crippen molar-refractivity contribution in [1.82, 2.24) is 14.5 Å². The van der Waals surface area contributed by atoms with Crippen molar-refractivity contribution in [2.24, 2.45) is 5.92 Å². The van der Waals surface area contributed by atoms with E-state index in [0.717, 1.165) is 18.3 Å². The van der Waals surface area contributed by atoms with Gasteiger partial charge < -0.3 is 9.30 Å². The Labute approximate surface area is 118 Å². The van der Waals surface area contributed by atoms with Gasteiger partial charge in [-0.3, -0.25) is 4.79 Å². The van der Waals surface area contributed by atoms with E-state index in [1.54, 1.807) is 0 Å². The molecule has 2 aromatic heterocycles. The van der Waals surface area contributed by atoms with Crippen LogP contribution in [0.2, 0.25) is 0 Å². The molecule has 0 atom stereocenters. The van der Waals surface area contributed by atoms with E-state index in [4.69, 9.17) is 4.74 Å². The van der Waals surface area contributed by atoms with Crippen molar-refractivity contribution in [3.8, 4) is 5.88 Å². The molecule has 0 saturated heterocycles. The first-order valence-corrected chi connectivity index (χ1v) is 6.96. The second kappa shape index (κ2) is 4.58. The Morgan fingerprint density at radius 2 is 2.15 bits per heavy atom. The molecule has 20 heavy (non-hydrogen) atoms. The highest BCUT2D eigenvalue weighted by Gasteiger charge is 2.25. The van der Waals surface area contributed by atoms with Gasteiger partial charge >= 0.3 is 0 Å². The van der Waals surface area contributed by atoms with Crippen molar-refractivity contribution in [3.63, 3.8) is 0 Å². The SMILES string of the molecule is CC(C)(C)Oc1ncnc2c(C=O)cn(CC3CC3)c12. The summed E-state index contributed by atoms with van der Waals surface area (Å²) in [6.45, 7) is 6.85. The summed E-state index contributed by atoms with van der Waals surface area (Å²) in [4.78, 5) is 19.7. The fraction of sp³-hybridized carbons (Fsp3) is 0.533. The first-order chi connectivity index (χ1) is 9.48. The van der Waals surface area contributed by atoms with Gasteiger partial charge in [-0.05, 0) is 39.5 Å². The topological polar surface area (TPSA) is 57.0 Å². The molecule has 3 rings (SSSR count). The summed E-state index contributed by atoms with van der Waals surface area (Å²) in [5, 5.41) is 0. The van der Waals surface area contributed by atoms with Gasteiger partial charge in [0.15, 0.2) is 6.29 Å². The zero-order valence-electron chi connectivity index (χ0n) is 12.1. The standard InChI is InChI=1S/C15H19N3O2/c1-15(2,3)20-14-13-12(16-9-17-14)11(8-19)7-18(13)6-10-4-5-10/h7-10H,4-6H2,1-3H3. The van der Waals surface area contributed by atoms with Crippen molar-refractivity contribution < 1.29 is 9.53 Å². The number of rotatable bonds is 4. The number of carbonyl (C=O) groups is 1. The lowest BCUT2D eigenvalue weighted by Gasteiger charge is -2.21. The quantitative estimate of drug-likeness (QED) is 0.804. The van der Waals surface area contributed by atoms with E-state index in [1.165, 1.54) is 19.2 Å². The van der Waals surface area contributed by atoms with E-state index in [2.05, 4.69) is 14.5 Å². The van der Waals surface area contributed by atoms with Crippen molar-refractivity contribution in [3.05, 3.63) is 18.1 Å². The van der Waals surface area contributed by atoms with Gasteiger partial charge in [-0.2, -0.15) is 4.98 Å². The molecule has 0 radical (unpaired) electrons. The van der Waals surface area contributed by atoms with Crippen molar-refractivity contribution >= 4 is 17.3 Å². The van der Waals surface area contributed by atoms with Crippen LogP contribution in [0.4, 0.5) is 0 Å². The van der Waals surface area contributed by atoms with Gasteiger partial charge in [-0.1, -0.05) is 0 Å².